The van der Waals surface area contributed by atoms with E-state index in [0.29, 0.717) is 0 Å². The van der Waals surface area contributed by atoms with Crippen molar-refractivity contribution in [2.45, 2.75) is 19.1 Å². The Bertz CT molecular complexity index is 726. The number of benzene rings is 2. The largest absolute Gasteiger partial charge is 0.491 e. The Labute approximate surface area is 162 Å². The molecular weight excluding hydrogens is 381 g/mol. The summed E-state index contributed by atoms with van der Waals surface area (Å²) in [4.78, 5) is 12.2. The van der Waals surface area contributed by atoms with Crippen LogP contribution >= 0.6 is 12.4 Å². The third-order valence-corrected chi connectivity index (χ3v) is 3.99. The predicted octanol–water partition coefficient (Wildman–Crippen LogP) is 3.96. The zero-order valence-corrected chi connectivity index (χ0v) is 15.5. The highest BCUT2D eigenvalue weighted by Gasteiger charge is 2.34. The van der Waals surface area contributed by atoms with E-state index in [-0.39, 0.29) is 37.2 Å². The molecule has 0 saturated heterocycles. The Morgan fingerprint density at radius 3 is 2.33 bits per heavy atom. The van der Waals surface area contributed by atoms with Crippen LogP contribution in [-0.4, -0.2) is 19.1 Å². The number of amides is 1. The quantitative estimate of drug-likeness (QED) is 0.689. The van der Waals surface area contributed by atoms with E-state index in [2.05, 4.69) is 5.32 Å². The molecule has 2 aromatic carbocycles. The average Bonchev–Trinajstić information content (AvgIpc) is 2.64. The van der Waals surface area contributed by atoms with Crippen molar-refractivity contribution in [1.82, 2.24) is 5.32 Å². The van der Waals surface area contributed by atoms with Crippen LogP contribution in [0.15, 0.2) is 54.6 Å². The molecule has 4 nitrogen and oxygen atoms in total. The molecule has 0 heterocycles. The number of halogens is 4. The lowest BCUT2D eigenvalue weighted by Crippen LogP contribution is -2.37. The van der Waals surface area contributed by atoms with Crippen LogP contribution in [0.1, 0.15) is 24.1 Å². The number of para-hydroxylation sites is 1. The van der Waals surface area contributed by atoms with Gasteiger partial charge in [-0.2, -0.15) is 13.2 Å². The maximum Gasteiger partial charge on any atom is 0.419 e. The minimum atomic E-state index is -4.49. The number of hydrogen-bond donors (Lipinski definition) is 2. The highest BCUT2D eigenvalue weighted by molar-refractivity contribution is 5.85. The van der Waals surface area contributed by atoms with Gasteiger partial charge in [0.2, 0.25) is 5.91 Å². The summed E-state index contributed by atoms with van der Waals surface area (Å²) < 4.78 is 43.8. The molecule has 0 spiro atoms. The van der Waals surface area contributed by atoms with Crippen molar-refractivity contribution in [2.75, 3.05) is 13.2 Å². The lowest BCUT2D eigenvalue weighted by molar-refractivity contribution is -0.139. The second-order valence-electron chi connectivity index (χ2n) is 5.86. The summed E-state index contributed by atoms with van der Waals surface area (Å²) in [6, 6.07) is 13.7. The smallest absolute Gasteiger partial charge is 0.419 e. The lowest BCUT2D eigenvalue weighted by Gasteiger charge is -2.20. The molecule has 2 unspecified atom stereocenters. The molecule has 0 fully saturated rings. The number of ether oxygens (including phenoxy) is 1. The third-order valence-electron chi connectivity index (χ3n) is 3.99. The summed E-state index contributed by atoms with van der Waals surface area (Å²) in [5.74, 6) is -1.03. The molecule has 0 aliphatic rings. The number of carbonyl (C=O) groups is 1. The van der Waals surface area contributed by atoms with Gasteiger partial charge in [-0.3, -0.25) is 4.79 Å². The van der Waals surface area contributed by atoms with Crippen LogP contribution in [0.2, 0.25) is 0 Å². The molecule has 2 rings (SSSR count). The van der Waals surface area contributed by atoms with Crippen molar-refractivity contribution < 1.29 is 22.7 Å². The third kappa shape index (κ3) is 6.45. The predicted molar refractivity (Wildman–Crippen MR) is 99.7 cm³/mol. The first kappa shape index (κ1) is 22.8. The minimum absolute atomic E-state index is 0. The summed E-state index contributed by atoms with van der Waals surface area (Å²) in [5, 5.41) is 2.64. The van der Waals surface area contributed by atoms with Crippen LogP contribution in [-0.2, 0) is 11.0 Å². The van der Waals surface area contributed by atoms with Gasteiger partial charge in [-0.25, -0.2) is 0 Å². The van der Waals surface area contributed by atoms with Gasteiger partial charge in [0.1, 0.15) is 12.4 Å². The first-order chi connectivity index (χ1) is 12.3. The van der Waals surface area contributed by atoms with Gasteiger partial charge < -0.3 is 15.8 Å². The van der Waals surface area contributed by atoms with Gasteiger partial charge in [0.25, 0.3) is 0 Å². The van der Waals surface area contributed by atoms with Gasteiger partial charge >= 0.3 is 6.18 Å². The Morgan fingerprint density at radius 1 is 1.11 bits per heavy atom. The molecule has 148 valence electrons. The van der Waals surface area contributed by atoms with E-state index in [1.54, 1.807) is 6.92 Å². The van der Waals surface area contributed by atoms with Gasteiger partial charge in [-0.15, -0.1) is 12.4 Å². The summed E-state index contributed by atoms with van der Waals surface area (Å²) in [7, 11) is 0. The molecule has 0 aromatic heterocycles. The van der Waals surface area contributed by atoms with Crippen LogP contribution in [0.4, 0.5) is 13.2 Å². The van der Waals surface area contributed by atoms with Crippen molar-refractivity contribution in [2.24, 2.45) is 11.7 Å². The normalized spacial score (nSPS) is 13.2. The Hall–Kier alpha value is -2.25. The molecule has 27 heavy (non-hydrogen) atoms. The van der Waals surface area contributed by atoms with E-state index in [1.807, 2.05) is 30.3 Å². The van der Waals surface area contributed by atoms with Crippen molar-refractivity contribution >= 4 is 18.3 Å². The zero-order chi connectivity index (χ0) is 19.2. The first-order valence-electron chi connectivity index (χ1n) is 8.18. The van der Waals surface area contributed by atoms with E-state index in [1.165, 1.54) is 18.2 Å². The summed E-state index contributed by atoms with van der Waals surface area (Å²) in [6.07, 6.45) is -4.49. The summed E-state index contributed by atoms with van der Waals surface area (Å²) in [6.45, 7) is 1.70. The second-order valence-corrected chi connectivity index (χ2v) is 5.86. The van der Waals surface area contributed by atoms with Gasteiger partial charge in [-0.05, 0) is 17.7 Å². The van der Waals surface area contributed by atoms with E-state index >= 15 is 0 Å². The first-order valence-corrected chi connectivity index (χ1v) is 8.18. The van der Waals surface area contributed by atoms with Gasteiger partial charge in [0, 0.05) is 6.04 Å². The van der Waals surface area contributed by atoms with Gasteiger partial charge in [0.15, 0.2) is 0 Å². The Balaban J connectivity index is 0.00000364. The fourth-order valence-electron chi connectivity index (χ4n) is 2.45. The van der Waals surface area contributed by atoms with Crippen LogP contribution in [0.25, 0.3) is 0 Å². The summed E-state index contributed by atoms with van der Waals surface area (Å²) >= 11 is 0. The molecular formula is C19H22ClF3N2O2. The van der Waals surface area contributed by atoms with Crippen LogP contribution in [0.3, 0.4) is 0 Å². The van der Waals surface area contributed by atoms with Crippen molar-refractivity contribution in [3.8, 4) is 5.75 Å². The van der Waals surface area contributed by atoms with E-state index < -0.39 is 23.7 Å². The average molecular weight is 403 g/mol. The van der Waals surface area contributed by atoms with Crippen molar-refractivity contribution in [3.05, 3.63) is 65.7 Å². The number of hydrogen-bond acceptors (Lipinski definition) is 3. The Morgan fingerprint density at radius 2 is 1.70 bits per heavy atom. The standard InChI is InChI=1S/C19H21F3N2O2.ClH/c1-13(17(23)14-7-3-2-4-8-14)18(25)24-11-12-26-16-10-6-5-9-15(16)19(20,21)22;/h2-10,13,17H,11-12,23H2,1H3,(H,24,25);1H. The molecule has 2 atom stereocenters. The van der Waals surface area contributed by atoms with E-state index in [9.17, 15) is 18.0 Å². The molecule has 2 aromatic rings. The molecule has 0 bridgehead atoms. The van der Waals surface area contributed by atoms with E-state index in [4.69, 9.17) is 10.5 Å². The van der Waals surface area contributed by atoms with Gasteiger partial charge in [0.05, 0.1) is 18.0 Å². The molecule has 3 N–H and O–H groups in total. The van der Waals surface area contributed by atoms with Crippen molar-refractivity contribution in [1.29, 1.82) is 0 Å². The summed E-state index contributed by atoms with van der Waals surface area (Å²) in [5.41, 5.74) is 6.08. The highest BCUT2D eigenvalue weighted by Crippen LogP contribution is 2.35. The molecule has 0 aliphatic carbocycles. The SMILES string of the molecule is CC(C(=O)NCCOc1ccccc1C(F)(F)F)C(N)c1ccccc1.Cl. The van der Waals surface area contributed by atoms with Gasteiger partial charge in [-0.1, -0.05) is 49.4 Å². The second kappa shape index (κ2) is 10.2. The fraction of sp³-hybridized carbons (Fsp3) is 0.316. The van der Waals surface area contributed by atoms with Crippen molar-refractivity contribution in [3.63, 3.8) is 0 Å². The molecule has 8 heteroatoms. The van der Waals surface area contributed by atoms with Crippen LogP contribution in [0.5, 0.6) is 5.75 Å². The Kier molecular flexibility index (Phi) is 8.59. The monoisotopic (exact) mass is 402 g/mol. The number of alkyl halides is 3. The van der Waals surface area contributed by atoms with Crippen LogP contribution < -0.4 is 15.8 Å². The topological polar surface area (TPSA) is 64.3 Å². The maximum atomic E-state index is 12.9. The molecule has 0 saturated carbocycles. The van der Waals surface area contributed by atoms with E-state index in [0.717, 1.165) is 11.6 Å². The molecule has 1 amide bonds. The number of rotatable bonds is 7. The minimum Gasteiger partial charge on any atom is -0.491 e. The number of carbonyl (C=O) groups excluding carboxylic acids is 1. The fourth-order valence-corrected chi connectivity index (χ4v) is 2.45. The number of nitrogens with one attached hydrogen (secondary N) is 1. The molecule has 0 radical (unpaired) electrons. The number of nitrogens with two attached hydrogens (primary N) is 1. The maximum absolute atomic E-state index is 12.9. The molecule has 0 aliphatic heterocycles. The lowest BCUT2D eigenvalue weighted by atomic mass is 9.95. The highest BCUT2D eigenvalue weighted by atomic mass is 35.5. The van der Waals surface area contributed by atoms with Crippen LogP contribution in [0, 0.1) is 5.92 Å². The zero-order valence-electron chi connectivity index (χ0n) is 14.7.